The summed E-state index contributed by atoms with van der Waals surface area (Å²) in [6, 6.07) is 70.0. The third kappa shape index (κ3) is 6.88. The van der Waals surface area contributed by atoms with Gasteiger partial charge in [0.05, 0.1) is 11.4 Å². The average molecular weight is 838 g/mol. The molecular weight excluding hydrogens is 791 g/mol. The molecule has 0 saturated heterocycles. The maximum absolute atomic E-state index is 5.46. The summed E-state index contributed by atoms with van der Waals surface area (Å²) >= 11 is 0. The van der Waals surface area contributed by atoms with Gasteiger partial charge in [-0.05, 0) is 122 Å². The normalized spacial score (nSPS) is 16.4. The molecule has 2 aliphatic heterocycles. The Kier molecular flexibility index (Phi) is 9.67. The molecule has 2 heterocycles. The van der Waals surface area contributed by atoms with E-state index in [-0.39, 0.29) is 6.17 Å². The molecule has 0 fully saturated rings. The molecule has 0 radical (unpaired) electrons. The number of allylic oxidation sites excluding steroid dienone is 1. The lowest BCUT2D eigenvalue weighted by molar-refractivity contribution is 0.728. The quantitative estimate of drug-likeness (QED) is 0.150. The lowest BCUT2D eigenvalue weighted by atomic mass is 9.86. The van der Waals surface area contributed by atoms with Gasteiger partial charge in [-0.1, -0.05) is 177 Å². The van der Waals surface area contributed by atoms with Crippen LogP contribution in [0, 0.1) is 0 Å². The molecule has 0 spiro atoms. The van der Waals surface area contributed by atoms with Crippen LogP contribution in [0.1, 0.15) is 53.7 Å². The van der Waals surface area contributed by atoms with Crippen LogP contribution in [0.3, 0.4) is 0 Å². The van der Waals surface area contributed by atoms with Gasteiger partial charge in [-0.3, -0.25) is 0 Å². The van der Waals surface area contributed by atoms with Crippen molar-refractivity contribution in [3.05, 3.63) is 228 Å². The van der Waals surface area contributed by atoms with Gasteiger partial charge in [-0.25, -0.2) is 9.98 Å². The zero-order valence-electron chi connectivity index (χ0n) is 36.2. The molecule has 0 amide bonds. The zero-order chi connectivity index (χ0) is 43.3. The minimum Gasteiger partial charge on any atom is -0.363 e. The second-order valence-electron chi connectivity index (χ2n) is 17.2. The van der Waals surface area contributed by atoms with Crippen molar-refractivity contribution in [2.24, 2.45) is 9.98 Å². The van der Waals surface area contributed by atoms with Gasteiger partial charge in [0.1, 0.15) is 17.8 Å². The number of nitrogens with one attached hydrogen (secondary N) is 2. The first-order valence-electron chi connectivity index (χ1n) is 22.8. The van der Waals surface area contributed by atoms with Crippen LogP contribution >= 0.6 is 0 Å². The highest BCUT2D eigenvalue weighted by Gasteiger charge is 2.29. The van der Waals surface area contributed by atoms with E-state index in [9.17, 15) is 0 Å². The molecule has 5 nitrogen and oxygen atoms in total. The Bertz CT molecular complexity index is 3400. The van der Waals surface area contributed by atoms with Crippen LogP contribution in [0.15, 0.2) is 210 Å². The predicted octanol–water partition coefficient (Wildman–Crippen LogP) is 14.7. The van der Waals surface area contributed by atoms with E-state index in [0.29, 0.717) is 0 Å². The van der Waals surface area contributed by atoms with Gasteiger partial charge < -0.3 is 15.5 Å². The molecule has 5 heteroatoms. The Balaban J connectivity index is 0.940. The van der Waals surface area contributed by atoms with Crippen molar-refractivity contribution in [1.82, 2.24) is 5.32 Å². The van der Waals surface area contributed by atoms with Crippen LogP contribution in [0.25, 0.3) is 61.0 Å². The highest BCUT2D eigenvalue weighted by Crippen LogP contribution is 2.44. The van der Waals surface area contributed by atoms with Crippen molar-refractivity contribution in [1.29, 1.82) is 0 Å². The fraction of sp³-hybridized carbons (Fsp3) is 0.100. The molecule has 0 aromatic heterocycles. The third-order valence-corrected chi connectivity index (χ3v) is 13.4. The van der Waals surface area contributed by atoms with Gasteiger partial charge in [0, 0.05) is 22.4 Å². The molecule has 1 aliphatic carbocycles. The van der Waals surface area contributed by atoms with Crippen LogP contribution in [-0.4, -0.2) is 17.8 Å². The van der Waals surface area contributed by atoms with Gasteiger partial charge in [0.15, 0.2) is 6.17 Å². The van der Waals surface area contributed by atoms with Crippen molar-refractivity contribution >= 4 is 56.4 Å². The monoisotopic (exact) mass is 837 g/mol. The summed E-state index contributed by atoms with van der Waals surface area (Å²) < 4.78 is 0. The molecule has 312 valence electrons. The van der Waals surface area contributed by atoms with E-state index in [2.05, 4.69) is 223 Å². The lowest BCUT2D eigenvalue weighted by Crippen LogP contribution is -2.36. The van der Waals surface area contributed by atoms with Crippen molar-refractivity contribution < 1.29 is 0 Å². The maximum atomic E-state index is 5.46. The molecule has 2 atom stereocenters. The van der Waals surface area contributed by atoms with E-state index < -0.39 is 6.17 Å². The Morgan fingerprint density at radius 2 is 1.15 bits per heavy atom. The molecule has 0 saturated carbocycles. The van der Waals surface area contributed by atoms with E-state index in [1.807, 2.05) is 6.07 Å². The maximum Gasteiger partial charge on any atom is 0.170 e. The topological polar surface area (TPSA) is 52.0 Å². The minimum absolute atomic E-state index is 0.194. The number of hydrogen-bond donors (Lipinski definition) is 2. The summed E-state index contributed by atoms with van der Waals surface area (Å²) in [7, 11) is 0. The van der Waals surface area contributed by atoms with Crippen LogP contribution in [0.5, 0.6) is 0 Å². The smallest absolute Gasteiger partial charge is 0.170 e. The first-order chi connectivity index (χ1) is 32.2. The Hall–Kier alpha value is -8.02. The fourth-order valence-corrected chi connectivity index (χ4v) is 10.3. The summed E-state index contributed by atoms with van der Waals surface area (Å²) in [5.74, 6) is 1.62. The largest absolute Gasteiger partial charge is 0.363 e. The molecule has 9 aromatic carbocycles. The average Bonchev–Trinajstić information content (AvgIpc) is 3.78. The summed E-state index contributed by atoms with van der Waals surface area (Å²) in [5.41, 5.74) is 16.4. The van der Waals surface area contributed by atoms with Crippen molar-refractivity contribution in [2.45, 2.75) is 38.5 Å². The third-order valence-electron chi connectivity index (χ3n) is 13.4. The minimum atomic E-state index is -0.477. The number of hydrogen-bond acceptors (Lipinski definition) is 5. The highest BCUT2D eigenvalue weighted by atomic mass is 15.3. The second kappa shape index (κ2) is 16.3. The number of anilines is 3. The first-order valence-corrected chi connectivity index (χ1v) is 22.8. The number of aryl methyl sites for hydroxylation is 1. The first kappa shape index (κ1) is 38.6. The fourth-order valence-electron chi connectivity index (χ4n) is 10.3. The summed E-state index contributed by atoms with van der Waals surface area (Å²) in [6.07, 6.45) is 7.43. The predicted molar refractivity (Wildman–Crippen MR) is 273 cm³/mol. The van der Waals surface area contributed by atoms with E-state index in [1.165, 1.54) is 66.4 Å². The summed E-state index contributed by atoms with van der Waals surface area (Å²) in [6.45, 7) is 2.24. The number of benzene rings is 9. The van der Waals surface area contributed by atoms with Crippen molar-refractivity contribution in [3.8, 4) is 33.4 Å². The van der Waals surface area contributed by atoms with Gasteiger partial charge in [0.25, 0.3) is 0 Å². The van der Waals surface area contributed by atoms with Gasteiger partial charge in [-0.2, -0.15) is 0 Å². The Morgan fingerprint density at radius 1 is 0.523 bits per heavy atom. The number of rotatable bonds is 8. The van der Waals surface area contributed by atoms with Crippen LogP contribution in [-0.2, 0) is 6.42 Å². The van der Waals surface area contributed by atoms with Crippen LogP contribution < -0.4 is 15.5 Å². The van der Waals surface area contributed by atoms with Crippen LogP contribution in [0.2, 0.25) is 0 Å². The molecular formula is C60H47N5. The number of amidine groups is 2. The molecule has 0 bridgehead atoms. The van der Waals surface area contributed by atoms with Gasteiger partial charge in [0.2, 0.25) is 0 Å². The molecule has 12 rings (SSSR count). The van der Waals surface area contributed by atoms with E-state index in [1.54, 1.807) is 0 Å². The number of para-hydroxylation sites is 2. The Labute approximate surface area is 380 Å². The molecule has 2 unspecified atom stereocenters. The second-order valence-corrected chi connectivity index (χ2v) is 17.2. The van der Waals surface area contributed by atoms with E-state index >= 15 is 0 Å². The van der Waals surface area contributed by atoms with E-state index in [4.69, 9.17) is 9.98 Å². The van der Waals surface area contributed by atoms with Gasteiger partial charge in [-0.15, -0.1) is 0 Å². The highest BCUT2D eigenvalue weighted by molar-refractivity contribution is 6.19. The number of aliphatic imine (C=N–C) groups is 2. The molecule has 2 N–H and O–H groups in total. The van der Waals surface area contributed by atoms with E-state index in [0.717, 1.165) is 64.3 Å². The number of nitrogens with zero attached hydrogens (tertiary/aromatic N) is 3. The molecule has 65 heavy (non-hydrogen) atoms. The standard InChI is InChI=1S/C60H47N5/c1-2-57-61-55-32-14-15-33-56(55)65(57)44-23-17-22-42(37-44)46-25-7-6-24-45(46)40-20-16-21-41(36-40)47-26-8-13-31-53(47)60-63-58(39-18-4-3-5-19-39)62-59(64-60)43-34-35-52-50-29-10-9-27-48(50)49-28-11-12-30-51(49)54(52)38-43/h3-10,12-27,29-38,57,60-61H,2,11,28H2,1H3,(H,62,63,64). The number of fused-ring (bicyclic) bond motifs is 7. The van der Waals surface area contributed by atoms with Crippen molar-refractivity contribution in [3.63, 3.8) is 0 Å². The summed E-state index contributed by atoms with van der Waals surface area (Å²) in [4.78, 5) is 13.3. The Morgan fingerprint density at radius 3 is 1.97 bits per heavy atom. The lowest BCUT2D eigenvalue weighted by Gasteiger charge is -2.27. The zero-order valence-corrected chi connectivity index (χ0v) is 36.2. The van der Waals surface area contributed by atoms with Crippen molar-refractivity contribution in [2.75, 3.05) is 10.2 Å². The SMILES string of the molecule is CCC1Nc2ccccc2N1c1cccc(-c2ccccc2-c2cccc(-c3ccccc3C3N=C(c4ccccc4)NC(c4ccc5c(c4)c4c(c6ccccc65)CCC=C4)=N3)c2)c1. The molecule has 9 aromatic rings. The summed E-state index contributed by atoms with van der Waals surface area (Å²) in [5, 5.41) is 12.6. The van der Waals surface area contributed by atoms with Gasteiger partial charge >= 0.3 is 0 Å². The van der Waals surface area contributed by atoms with Crippen LogP contribution in [0.4, 0.5) is 17.1 Å². The molecule has 3 aliphatic rings.